The van der Waals surface area contributed by atoms with E-state index in [0.717, 1.165) is 0 Å². The maximum absolute atomic E-state index is 10.9. The van der Waals surface area contributed by atoms with Gasteiger partial charge in [-0.15, -0.1) is 0 Å². The third-order valence-electron chi connectivity index (χ3n) is 2.39. The van der Waals surface area contributed by atoms with E-state index in [9.17, 15) is 9.90 Å². The number of hydrogen-bond donors (Lipinski definition) is 1. The fraction of sp³-hybridized carbons (Fsp3) is 0.875. The van der Waals surface area contributed by atoms with Crippen LogP contribution in [0, 0.1) is 5.92 Å². The van der Waals surface area contributed by atoms with E-state index in [4.69, 9.17) is 9.47 Å². The summed E-state index contributed by atoms with van der Waals surface area (Å²) in [4.78, 5) is 10.9. The molecule has 4 nitrogen and oxygen atoms in total. The molecule has 2 rings (SSSR count). The first-order valence-electron chi connectivity index (χ1n) is 4.20. The molecule has 0 aromatic carbocycles. The van der Waals surface area contributed by atoms with Crippen molar-refractivity contribution in [3.05, 3.63) is 0 Å². The Balaban J connectivity index is 1.98. The van der Waals surface area contributed by atoms with Gasteiger partial charge in [-0.25, -0.2) is 0 Å². The molecule has 1 N–H and O–H groups in total. The molecule has 0 aromatic heterocycles. The zero-order valence-corrected chi connectivity index (χ0v) is 6.73. The summed E-state index contributed by atoms with van der Waals surface area (Å²) in [5.41, 5.74) is 0. The zero-order chi connectivity index (χ0) is 8.55. The summed E-state index contributed by atoms with van der Waals surface area (Å²) >= 11 is 0. The van der Waals surface area contributed by atoms with Gasteiger partial charge in [-0.1, -0.05) is 0 Å². The van der Waals surface area contributed by atoms with E-state index in [1.54, 1.807) is 0 Å². The molecule has 12 heavy (non-hydrogen) atoms. The lowest BCUT2D eigenvalue weighted by molar-refractivity contribution is -0.120. The van der Waals surface area contributed by atoms with E-state index in [2.05, 4.69) is 0 Å². The molecule has 0 aromatic rings. The minimum atomic E-state index is -0.569. The van der Waals surface area contributed by atoms with Gasteiger partial charge in [-0.3, -0.25) is 4.79 Å². The fourth-order valence-electron chi connectivity index (χ4n) is 1.77. The van der Waals surface area contributed by atoms with Crippen LogP contribution < -0.4 is 0 Å². The molecule has 0 radical (unpaired) electrons. The van der Waals surface area contributed by atoms with Gasteiger partial charge in [0.1, 0.15) is 5.78 Å². The highest BCUT2D eigenvalue weighted by molar-refractivity contribution is 5.81. The topological polar surface area (TPSA) is 55.8 Å². The molecular formula is C8H12O4. The molecule has 68 valence electrons. The second-order valence-electron chi connectivity index (χ2n) is 3.29. The number of rotatable bonds is 1. The normalized spacial score (nSPS) is 37.9. The largest absolute Gasteiger partial charge is 0.392 e. The number of aliphatic hydroxyl groups is 1. The van der Waals surface area contributed by atoms with E-state index < -0.39 is 6.10 Å². The van der Waals surface area contributed by atoms with Crippen molar-refractivity contribution in [2.24, 2.45) is 5.92 Å². The molecular weight excluding hydrogens is 160 g/mol. The van der Waals surface area contributed by atoms with Gasteiger partial charge in [0.2, 0.25) is 0 Å². The first kappa shape index (κ1) is 8.16. The van der Waals surface area contributed by atoms with Crippen LogP contribution in [0.4, 0.5) is 0 Å². The second-order valence-corrected chi connectivity index (χ2v) is 3.29. The van der Waals surface area contributed by atoms with Crippen LogP contribution in [0.1, 0.15) is 12.8 Å². The third kappa shape index (κ3) is 1.37. The summed E-state index contributed by atoms with van der Waals surface area (Å²) in [5, 5.41) is 9.44. The van der Waals surface area contributed by atoms with Crippen molar-refractivity contribution in [1.29, 1.82) is 0 Å². The van der Waals surface area contributed by atoms with Gasteiger partial charge >= 0.3 is 0 Å². The van der Waals surface area contributed by atoms with Crippen molar-refractivity contribution in [2.45, 2.75) is 25.2 Å². The van der Waals surface area contributed by atoms with Crippen LogP contribution in [0.3, 0.4) is 0 Å². The van der Waals surface area contributed by atoms with Gasteiger partial charge in [0, 0.05) is 18.8 Å². The summed E-state index contributed by atoms with van der Waals surface area (Å²) in [6.07, 6.45) is -0.272. The first-order chi connectivity index (χ1) is 5.77. The van der Waals surface area contributed by atoms with Crippen molar-refractivity contribution in [3.63, 3.8) is 0 Å². The van der Waals surface area contributed by atoms with Crippen molar-refractivity contribution in [3.8, 4) is 0 Å². The van der Waals surface area contributed by atoms with Crippen LogP contribution in [0.25, 0.3) is 0 Å². The molecule has 1 aliphatic carbocycles. The average molecular weight is 172 g/mol. The van der Waals surface area contributed by atoms with E-state index in [1.807, 2.05) is 0 Å². The summed E-state index contributed by atoms with van der Waals surface area (Å²) in [7, 11) is 0. The second kappa shape index (κ2) is 3.12. The number of carbonyl (C=O) groups excluding carboxylic acids is 1. The lowest BCUT2D eigenvalue weighted by Gasteiger charge is -2.18. The molecule has 1 aliphatic heterocycles. The van der Waals surface area contributed by atoms with Crippen LogP contribution >= 0.6 is 0 Å². The monoisotopic (exact) mass is 172 g/mol. The molecule has 0 bridgehead atoms. The smallest absolute Gasteiger partial charge is 0.163 e. The summed E-state index contributed by atoms with van der Waals surface area (Å²) in [6, 6.07) is 0. The Bertz CT molecular complexity index is 185. The minimum absolute atomic E-state index is 0.103. The van der Waals surface area contributed by atoms with Crippen molar-refractivity contribution in [1.82, 2.24) is 0 Å². The summed E-state index contributed by atoms with van der Waals surface area (Å²) < 4.78 is 10.4. The van der Waals surface area contributed by atoms with Gasteiger partial charge in [0.05, 0.1) is 19.3 Å². The van der Waals surface area contributed by atoms with Crippen LogP contribution in [0.2, 0.25) is 0 Å². The van der Waals surface area contributed by atoms with Gasteiger partial charge < -0.3 is 14.6 Å². The van der Waals surface area contributed by atoms with Gasteiger partial charge in [-0.05, 0) is 0 Å². The lowest BCUT2D eigenvalue weighted by atomic mass is 10.1. The van der Waals surface area contributed by atoms with Crippen LogP contribution in [-0.2, 0) is 14.3 Å². The zero-order valence-electron chi connectivity index (χ0n) is 6.73. The average Bonchev–Trinajstić information content (AvgIpc) is 2.58. The third-order valence-corrected chi connectivity index (χ3v) is 2.39. The number of ether oxygens (including phenoxy) is 2. The number of carbonyl (C=O) groups is 1. The molecule has 2 atom stereocenters. The van der Waals surface area contributed by atoms with Gasteiger partial charge in [0.25, 0.3) is 0 Å². The Labute approximate surface area is 70.5 Å². The maximum Gasteiger partial charge on any atom is 0.163 e. The molecule has 4 heteroatoms. The Morgan fingerprint density at radius 2 is 1.92 bits per heavy atom. The van der Waals surface area contributed by atoms with Gasteiger partial charge in [0.15, 0.2) is 6.29 Å². The Hall–Kier alpha value is -0.450. The van der Waals surface area contributed by atoms with Gasteiger partial charge in [-0.2, -0.15) is 0 Å². The molecule has 1 heterocycles. The molecule has 1 saturated heterocycles. The SMILES string of the molecule is O=C1C[C@@H](O)[C@H](C2OCCO2)C1. The van der Waals surface area contributed by atoms with E-state index >= 15 is 0 Å². The molecule has 0 amide bonds. The number of aliphatic hydroxyl groups excluding tert-OH is 1. The van der Waals surface area contributed by atoms with Crippen LogP contribution in [0.5, 0.6) is 0 Å². The maximum atomic E-state index is 10.9. The highest BCUT2D eigenvalue weighted by Gasteiger charge is 2.39. The van der Waals surface area contributed by atoms with Crippen LogP contribution in [0.15, 0.2) is 0 Å². The highest BCUT2D eigenvalue weighted by Crippen LogP contribution is 2.29. The minimum Gasteiger partial charge on any atom is -0.392 e. The predicted octanol–water partition coefficient (Wildman–Crippen LogP) is -0.301. The Kier molecular flexibility index (Phi) is 2.12. The van der Waals surface area contributed by atoms with E-state index in [0.29, 0.717) is 19.6 Å². The summed E-state index contributed by atoms with van der Waals surface area (Å²) in [5.74, 6) is -0.0356. The Morgan fingerprint density at radius 3 is 2.42 bits per heavy atom. The van der Waals surface area contributed by atoms with E-state index in [-0.39, 0.29) is 24.4 Å². The molecule has 0 unspecified atom stereocenters. The van der Waals surface area contributed by atoms with Crippen LogP contribution in [-0.4, -0.2) is 36.5 Å². The number of ketones is 1. The summed E-state index contributed by atoms with van der Waals surface area (Å²) in [6.45, 7) is 1.14. The quantitative estimate of drug-likeness (QED) is 0.590. The van der Waals surface area contributed by atoms with E-state index in [1.165, 1.54) is 0 Å². The highest BCUT2D eigenvalue weighted by atomic mass is 16.7. The predicted molar refractivity (Wildman–Crippen MR) is 39.4 cm³/mol. The van der Waals surface area contributed by atoms with Crippen molar-refractivity contribution < 1.29 is 19.4 Å². The fourth-order valence-corrected chi connectivity index (χ4v) is 1.77. The van der Waals surface area contributed by atoms with Crippen molar-refractivity contribution in [2.75, 3.05) is 13.2 Å². The number of hydrogen-bond acceptors (Lipinski definition) is 4. The Morgan fingerprint density at radius 1 is 1.25 bits per heavy atom. The first-order valence-corrected chi connectivity index (χ1v) is 4.20. The molecule has 1 saturated carbocycles. The molecule has 0 spiro atoms. The van der Waals surface area contributed by atoms with Crippen molar-refractivity contribution >= 4 is 5.78 Å². The standard InChI is InChI=1S/C8H12O4/c9-5-3-6(7(10)4-5)8-11-1-2-12-8/h6-8,10H,1-4H2/t6-,7-/m1/s1. The lowest BCUT2D eigenvalue weighted by Crippen LogP contribution is -2.27. The number of Topliss-reactive ketones (excluding diaryl/α,β-unsaturated/α-hetero) is 1. The molecule has 2 aliphatic rings. The molecule has 2 fully saturated rings.